The van der Waals surface area contributed by atoms with E-state index in [9.17, 15) is 14.4 Å². The van der Waals surface area contributed by atoms with Crippen LogP contribution < -0.4 is 15.5 Å². The van der Waals surface area contributed by atoms with Crippen molar-refractivity contribution >= 4 is 41.1 Å². The molecule has 3 rings (SSSR count). The number of aromatic nitrogens is 1. The molecule has 0 saturated carbocycles. The lowest BCUT2D eigenvalue weighted by atomic mass is 9.88. The predicted octanol–water partition coefficient (Wildman–Crippen LogP) is 3.81. The number of likely N-dealkylation sites (tertiary alicyclic amines) is 1. The first-order valence-electron chi connectivity index (χ1n) is 11.2. The zero-order valence-corrected chi connectivity index (χ0v) is 21.8. The highest BCUT2D eigenvalue weighted by Crippen LogP contribution is 2.36. The number of rotatable bonds is 7. The van der Waals surface area contributed by atoms with Crippen molar-refractivity contribution in [2.24, 2.45) is 0 Å². The summed E-state index contributed by atoms with van der Waals surface area (Å²) in [5.41, 5.74) is 0.514. The molecule has 1 aliphatic heterocycles. The number of carbonyl (C=O) groups is 3. The van der Waals surface area contributed by atoms with E-state index < -0.39 is 35.1 Å². The Kier molecular flexibility index (Phi) is 8.33. The summed E-state index contributed by atoms with van der Waals surface area (Å²) in [7, 11) is 0. The van der Waals surface area contributed by atoms with Crippen molar-refractivity contribution < 1.29 is 29.1 Å². The van der Waals surface area contributed by atoms with Crippen LogP contribution in [0.5, 0.6) is 5.75 Å². The fourth-order valence-electron chi connectivity index (χ4n) is 3.88. The van der Waals surface area contributed by atoms with E-state index in [1.54, 1.807) is 62.6 Å². The van der Waals surface area contributed by atoms with Crippen molar-refractivity contribution in [1.82, 2.24) is 20.7 Å². The smallest absolute Gasteiger partial charge is 0.408 e. The number of hydroxylamine groups is 1. The van der Waals surface area contributed by atoms with E-state index in [1.165, 1.54) is 11.8 Å². The van der Waals surface area contributed by atoms with Gasteiger partial charge in [-0.05, 0) is 63.1 Å². The first-order valence-corrected chi connectivity index (χ1v) is 11.9. The Morgan fingerprint density at radius 2 is 1.81 bits per heavy atom. The van der Waals surface area contributed by atoms with Gasteiger partial charge in [-0.1, -0.05) is 35.3 Å². The molecular formula is C24H28Cl2N4O6. The zero-order chi connectivity index (χ0) is 26.7. The van der Waals surface area contributed by atoms with Gasteiger partial charge in [0.1, 0.15) is 39.8 Å². The van der Waals surface area contributed by atoms with Gasteiger partial charge in [0.15, 0.2) is 0 Å². The summed E-state index contributed by atoms with van der Waals surface area (Å²) in [5, 5.41) is 12.2. The van der Waals surface area contributed by atoms with Gasteiger partial charge in [-0.15, -0.1) is 0 Å². The predicted molar refractivity (Wildman–Crippen MR) is 132 cm³/mol. The summed E-state index contributed by atoms with van der Waals surface area (Å²) in [6, 6.07) is 8.98. The maximum Gasteiger partial charge on any atom is 0.408 e. The Bertz CT molecular complexity index is 1120. The Morgan fingerprint density at radius 3 is 2.36 bits per heavy atom. The summed E-state index contributed by atoms with van der Waals surface area (Å²) in [4.78, 5) is 43.5. The first kappa shape index (κ1) is 27.5. The van der Waals surface area contributed by atoms with Gasteiger partial charge in [-0.25, -0.2) is 15.3 Å². The average Bonchev–Trinajstić information content (AvgIpc) is 3.11. The maximum absolute atomic E-state index is 13.6. The number of nitrogens with zero attached hydrogens (tertiary/aromatic N) is 2. The molecular weight excluding hydrogens is 511 g/mol. The van der Waals surface area contributed by atoms with E-state index in [0.29, 0.717) is 11.3 Å². The molecule has 1 fully saturated rings. The number of ether oxygens (including phenoxy) is 2. The fourth-order valence-corrected chi connectivity index (χ4v) is 4.39. The SMILES string of the molecule is C[C@H](C(=O)NO)N1CCC(NC(=O)OC(C)(C)C)(c2ccc(OCc3cc(Cl)nc(Cl)c3)cc2)C1=O. The largest absolute Gasteiger partial charge is 0.489 e. The van der Waals surface area contributed by atoms with Crippen molar-refractivity contribution in [1.29, 1.82) is 0 Å². The highest BCUT2D eigenvalue weighted by atomic mass is 35.5. The van der Waals surface area contributed by atoms with Crippen LogP contribution in [0, 0.1) is 0 Å². The lowest BCUT2D eigenvalue weighted by Gasteiger charge is -2.32. The second-order valence-corrected chi connectivity index (χ2v) is 10.1. The minimum absolute atomic E-state index is 0.172. The number of halogens is 2. The van der Waals surface area contributed by atoms with Crippen LogP contribution >= 0.6 is 23.2 Å². The summed E-state index contributed by atoms with van der Waals surface area (Å²) in [5.74, 6) is -0.735. The minimum Gasteiger partial charge on any atom is -0.489 e. The number of carbonyl (C=O) groups excluding carboxylic acids is 3. The van der Waals surface area contributed by atoms with Crippen LogP contribution in [0.2, 0.25) is 10.3 Å². The molecule has 1 unspecified atom stereocenters. The van der Waals surface area contributed by atoms with Gasteiger partial charge in [0.05, 0.1) is 0 Å². The van der Waals surface area contributed by atoms with Crippen molar-refractivity contribution in [2.75, 3.05) is 6.54 Å². The van der Waals surface area contributed by atoms with Crippen LogP contribution in [0.3, 0.4) is 0 Å². The van der Waals surface area contributed by atoms with Crippen LogP contribution in [0.25, 0.3) is 0 Å². The number of amides is 3. The lowest BCUT2D eigenvalue weighted by molar-refractivity contribution is -0.143. The van der Waals surface area contributed by atoms with Crippen molar-refractivity contribution in [3.05, 3.63) is 57.8 Å². The van der Waals surface area contributed by atoms with E-state index in [1.807, 2.05) is 0 Å². The van der Waals surface area contributed by atoms with Crippen molar-refractivity contribution in [3.8, 4) is 5.75 Å². The Hall–Kier alpha value is -3.08. The molecule has 1 aromatic heterocycles. The van der Waals surface area contributed by atoms with Crippen LogP contribution in [-0.2, 0) is 26.5 Å². The maximum atomic E-state index is 13.6. The minimum atomic E-state index is -1.48. The lowest BCUT2D eigenvalue weighted by Crippen LogP contribution is -2.55. The molecule has 2 aromatic rings. The second-order valence-electron chi connectivity index (χ2n) is 9.37. The quantitative estimate of drug-likeness (QED) is 0.277. The Morgan fingerprint density at radius 1 is 1.19 bits per heavy atom. The second kappa shape index (κ2) is 10.9. The van der Waals surface area contributed by atoms with Crippen LogP contribution in [0.15, 0.2) is 36.4 Å². The molecule has 194 valence electrons. The molecule has 12 heteroatoms. The summed E-state index contributed by atoms with van der Waals surface area (Å²) in [6.07, 6.45) is -0.591. The topological polar surface area (TPSA) is 130 Å². The van der Waals surface area contributed by atoms with Gasteiger partial charge in [0.2, 0.25) is 0 Å². The summed E-state index contributed by atoms with van der Waals surface area (Å²) in [6.45, 7) is 6.98. The molecule has 1 saturated heterocycles. The number of benzene rings is 1. The van der Waals surface area contributed by atoms with Gasteiger partial charge in [0, 0.05) is 13.0 Å². The molecule has 3 N–H and O–H groups in total. The van der Waals surface area contributed by atoms with E-state index in [2.05, 4.69) is 10.3 Å². The third kappa shape index (κ3) is 6.37. The Labute approximate surface area is 218 Å². The highest BCUT2D eigenvalue weighted by Gasteiger charge is 2.51. The van der Waals surface area contributed by atoms with Gasteiger partial charge in [-0.2, -0.15) is 0 Å². The van der Waals surface area contributed by atoms with Crippen molar-refractivity contribution in [2.45, 2.75) is 57.9 Å². The molecule has 1 aromatic carbocycles. The third-order valence-electron chi connectivity index (χ3n) is 5.60. The van der Waals surface area contributed by atoms with Crippen LogP contribution in [-0.4, -0.2) is 51.2 Å². The van der Waals surface area contributed by atoms with Crippen molar-refractivity contribution in [3.63, 3.8) is 0 Å². The van der Waals surface area contributed by atoms with Gasteiger partial charge in [0.25, 0.3) is 11.8 Å². The number of hydrogen-bond donors (Lipinski definition) is 3. The summed E-state index contributed by atoms with van der Waals surface area (Å²) < 4.78 is 11.2. The number of pyridine rings is 1. The third-order valence-corrected chi connectivity index (χ3v) is 5.99. The van der Waals surface area contributed by atoms with E-state index in [4.69, 9.17) is 37.9 Å². The number of hydrogen-bond acceptors (Lipinski definition) is 7. The monoisotopic (exact) mass is 538 g/mol. The van der Waals surface area contributed by atoms with Crippen LogP contribution in [0.4, 0.5) is 4.79 Å². The van der Waals surface area contributed by atoms with Gasteiger partial charge >= 0.3 is 6.09 Å². The molecule has 3 amide bonds. The molecule has 0 bridgehead atoms. The van der Waals surface area contributed by atoms with Gasteiger partial charge in [-0.3, -0.25) is 14.8 Å². The van der Waals surface area contributed by atoms with E-state index >= 15 is 0 Å². The fraction of sp³-hybridized carbons (Fsp3) is 0.417. The molecule has 10 nitrogen and oxygen atoms in total. The standard InChI is InChI=1S/C24H28Cl2N4O6/c1-14(20(31)29-34)30-10-9-24(21(30)32,28-22(33)36-23(2,3)4)16-5-7-17(8-6-16)35-13-15-11-18(25)27-19(26)12-15/h5-8,11-12,14,34H,9-10,13H2,1-4H3,(H,28,33)(H,29,31)/t14-,24?/m1/s1. The Balaban J connectivity index is 1.86. The van der Waals surface area contributed by atoms with Gasteiger partial charge < -0.3 is 19.7 Å². The molecule has 0 aliphatic carbocycles. The molecule has 2 atom stereocenters. The molecule has 0 spiro atoms. The zero-order valence-electron chi connectivity index (χ0n) is 20.3. The highest BCUT2D eigenvalue weighted by molar-refractivity contribution is 6.32. The number of nitrogens with one attached hydrogen (secondary N) is 2. The summed E-state index contributed by atoms with van der Waals surface area (Å²) >= 11 is 11.9. The van der Waals surface area contributed by atoms with E-state index in [0.717, 1.165) is 5.56 Å². The number of alkyl carbamates (subject to hydrolysis) is 1. The normalized spacial score (nSPS) is 18.5. The van der Waals surface area contributed by atoms with E-state index in [-0.39, 0.29) is 29.9 Å². The first-order chi connectivity index (χ1) is 16.8. The van der Waals surface area contributed by atoms with Crippen LogP contribution in [0.1, 0.15) is 45.2 Å². The molecule has 0 radical (unpaired) electrons. The molecule has 1 aliphatic rings. The molecule has 36 heavy (non-hydrogen) atoms. The molecule has 2 heterocycles. The average molecular weight is 539 g/mol.